The number of aromatic nitrogens is 1. The van der Waals surface area contributed by atoms with Crippen molar-refractivity contribution in [3.05, 3.63) is 57.8 Å². The van der Waals surface area contributed by atoms with Crippen LogP contribution in [0.4, 0.5) is 0 Å². The van der Waals surface area contributed by atoms with E-state index in [1.165, 1.54) is 12.1 Å². The average Bonchev–Trinajstić information content (AvgIpc) is 2.41. The van der Waals surface area contributed by atoms with Gasteiger partial charge in [0.15, 0.2) is 5.75 Å². The Bertz CT molecular complexity index is 617. The molecule has 1 aromatic heterocycles. The fourth-order valence-electron chi connectivity index (χ4n) is 1.67. The molecule has 0 spiro atoms. The lowest BCUT2D eigenvalue weighted by molar-refractivity contribution is 0.0692. The second-order valence-corrected chi connectivity index (χ2v) is 4.83. The van der Waals surface area contributed by atoms with Gasteiger partial charge in [0.1, 0.15) is 5.56 Å². The van der Waals surface area contributed by atoms with Crippen molar-refractivity contribution < 1.29 is 14.6 Å². The third-order valence-corrected chi connectivity index (χ3v) is 3.07. The summed E-state index contributed by atoms with van der Waals surface area (Å²) in [5.74, 6) is -1.01. The van der Waals surface area contributed by atoms with Gasteiger partial charge in [0.25, 0.3) is 0 Å². The van der Waals surface area contributed by atoms with E-state index < -0.39 is 5.97 Å². The van der Waals surface area contributed by atoms with E-state index in [4.69, 9.17) is 33.0 Å². The molecule has 0 amide bonds. The molecule has 20 heavy (non-hydrogen) atoms. The van der Waals surface area contributed by atoms with Crippen molar-refractivity contribution >= 4 is 29.2 Å². The van der Waals surface area contributed by atoms with Crippen molar-refractivity contribution in [2.45, 2.75) is 6.42 Å². The zero-order valence-corrected chi connectivity index (χ0v) is 11.9. The number of pyridine rings is 1. The Balaban J connectivity index is 2.11. The van der Waals surface area contributed by atoms with Gasteiger partial charge in [-0.25, -0.2) is 4.79 Å². The number of benzene rings is 1. The maximum atomic E-state index is 11.1. The summed E-state index contributed by atoms with van der Waals surface area (Å²) in [5, 5.41) is 9.55. The van der Waals surface area contributed by atoms with E-state index in [-0.39, 0.29) is 28.0 Å². The number of ether oxygens (including phenoxy) is 1. The standard InChI is InChI=1S/C14H11Cl2NO3/c15-9-7-11(14(18)19)13(12(16)8-9)20-6-4-10-3-1-2-5-17-10/h1-3,5,7-8H,4,6H2,(H,18,19). The largest absolute Gasteiger partial charge is 0.491 e. The molecule has 0 fully saturated rings. The van der Waals surface area contributed by atoms with Gasteiger partial charge in [0.2, 0.25) is 0 Å². The monoisotopic (exact) mass is 311 g/mol. The Hall–Kier alpha value is -1.78. The van der Waals surface area contributed by atoms with Gasteiger partial charge in [-0.15, -0.1) is 0 Å². The third-order valence-electron chi connectivity index (χ3n) is 2.57. The number of hydrogen-bond donors (Lipinski definition) is 1. The highest BCUT2D eigenvalue weighted by Gasteiger charge is 2.16. The van der Waals surface area contributed by atoms with Crippen LogP contribution in [0.2, 0.25) is 10.0 Å². The highest BCUT2D eigenvalue weighted by molar-refractivity contribution is 6.36. The van der Waals surface area contributed by atoms with Gasteiger partial charge < -0.3 is 9.84 Å². The summed E-state index contributed by atoms with van der Waals surface area (Å²) in [6, 6.07) is 8.33. The Labute approximate surface area is 125 Å². The van der Waals surface area contributed by atoms with E-state index in [2.05, 4.69) is 4.98 Å². The van der Waals surface area contributed by atoms with E-state index in [0.717, 1.165) is 5.69 Å². The molecule has 0 bridgehead atoms. The van der Waals surface area contributed by atoms with Crippen LogP contribution in [-0.2, 0) is 6.42 Å². The van der Waals surface area contributed by atoms with E-state index >= 15 is 0 Å². The van der Waals surface area contributed by atoms with Gasteiger partial charge in [0.05, 0.1) is 11.6 Å². The predicted octanol–water partition coefficient (Wildman–Crippen LogP) is 3.71. The summed E-state index contributed by atoms with van der Waals surface area (Å²) >= 11 is 11.8. The van der Waals surface area contributed by atoms with Crippen molar-refractivity contribution in [1.82, 2.24) is 4.98 Å². The number of carbonyl (C=O) groups is 1. The summed E-state index contributed by atoms with van der Waals surface area (Å²) in [6.45, 7) is 0.276. The summed E-state index contributed by atoms with van der Waals surface area (Å²) < 4.78 is 5.48. The van der Waals surface area contributed by atoms with Gasteiger partial charge >= 0.3 is 5.97 Å². The van der Waals surface area contributed by atoms with Crippen LogP contribution in [0.5, 0.6) is 5.75 Å². The van der Waals surface area contributed by atoms with Crippen molar-refractivity contribution in [3.63, 3.8) is 0 Å². The predicted molar refractivity (Wildman–Crippen MR) is 76.9 cm³/mol. The first kappa shape index (κ1) is 14.6. The lowest BCUT2D eigenvalue weighted by Crippen LogP contribution is -2.07. The first-order valence-corrected chi connectivity index (χ1v) is 6.58. The molecule has 1 heterocycles. The first-order chi connectivity index (χ1) is 9.58. The third kappa shape index (κ3) is 3.62. The molecule has 104 valence electrons. The molecule has 0 radical (unpaired) electrons. The molecule has 0 atom stereocenters. The highest BCUT2D eigenvalue weighted by Crippen LogP contribution is 2.32. The molecule has 0 saturated heterocycles. The van der Waals surface area contributed by atoms with Crippen molar-refractivity contribution in [2.24, 2.45) is 0 Å². The second-order valence-electron chi connectivity index (χ2n) is 3.99. The van der Waals surface area contributed by atoms with Crippen LogP contribution in [0.15, 0.2) is 36.5 Å². The van der Waals surface area contributed by atoms with Crippen LogP contribution in [0, 0.1) is 0 Å². The topological polar surface area (TPSA) is 59.4 Å². The number of carboxylic acids is 1. The maximum absolute atomic E-state index is 11.1. The number of rotatable bonds is 5. The molecule has 2 rings (SSSR count). The van der Waals surface area contributed by atoms with Crippen LogP contribution in [0.3, 0.4) is 0 Å². The minimum absolute atomic E-state index is 0.0523. The molecular weight excluding hydrogens is 301 g/mol. The smallest absolute Gasteiger partial charge is 0.339 e. The number of hydrogen-bond acceptors (Lipinski definition) is 3. The van der Waals surface area contributed by atoms with Crippen LogP contribution >= 0.6 is 23.2 Å². The van der Waals surface area contributed by atoms with Crippen LogP contribution < -0.4 is 4.74 Å². The lowest BCUT2D eigenvalue weighted by Gasteiger charge is -2.11. The molecule has 2 aromatic rings. The van der Waals surface area contributed by atoms with Crippen molar-refractivity contribution in [1.29, 1.82) is 0 Å². The van der Waals surface area contributed by atoms with Gasteiger partial charge in [0, 0.05) is 23.3 Å². The average molecular weight is 312 g/mol. The van der Waals surface area contributed by atoms with E-state index in [9.17, 15) is 4.79 Å². The van der Waals surface area contributed by atoms with Gasteiger partial charge in [-0.2, -0.15) is 0 Å². The molecule has 0 aliphatic rings. The summed E-state index contributed by atoms with van der Waals surface area (Å²) in [4.78, 5) is 15.3. The quantitative estimate of drug-likeness (QED) is 0.914. The second kappa shape index (κ2) is 6.59. The molecule has 4 nitrogen and oxygen atoms in total. The van der Waals surface area contributed by atoms with E-state index in [1.807, 2.05) is 18.2 Å². The lowest BCUT2D eigenvalue weighted by atomic mass is 10.2. The molecule has 1 aromatic carbocycles. The van der Waals surface area contributed by atoms with Crippen molar-refractivity contribution in [2.75, 3.05) is 6.61 Å². The molecule has 0 unspecified atom stereocenters. The molecule has 1 N–H and O–H groups in total. The number of nitrogens with zero attached hydrogens (tertiary/aromatic N) is 1. The minimum Gasteiger partial charge on any atom is -0.491 e. The maximum Gasteiger partial charge on any atom is 0.339 e. The number of aromatic carboxylic acids is 1. The zero-order chi connectivity index (χ0) is 14.5. The SMILES string of the molecule is O=C(O)c1cc(Cl)cc(Cl)c1OCCc1ccccn1. The van der Waals surface area contributed by atoms with Crippen LogP contribution in [0.1, 0.15) is 16.1 Å². The van der Waals surface area contributed by atoms with Gasteiger partial charge in [-0.1, -0.05) is 29.3 Å². The number of halogens is 2. The Morgan fingerprint density at radius 2 is 2.10 bits per heavy atom. The Morgan fingerprint density at radius 1 is 1.30 bits per heavy atom. The van der Waals surface area contributed by atoms with Gasteiger partial charge in [-0.05, 0) is 24.3 Å². The van der Waals surface area contributed by atoms with E-state index in [0.29, 0.717) is 6.42 Å². The van der Waals surface area contributed by atoms with E-state index in [1.54, 1.807) is 6.20 Å². The normalized spacial score (nSPS) is 10.3. The molecule has 0 saturated carbocycles. The summed E-state index contributed by atoms with van der Waals surface area (Å²) in [5.41, 5.74) is 0.804. The molecule has 0 aliphatic carbocycles. The Morgan fingerprint density at radius 3 is 2.75 bits per heavy atom. The molecule has 6 heteroatoms. The Kier molecular flexibility index (Phi) is 4.82. The summed E-state index contributed by atoms with van der Waals surface area (Å²) in [7, 11) is 0. The van der Waals surface area contributed by atoms with Crippen molar-refractivity contribution in [3.8, 4) is 5.75 Å². The summed E-state index contributed by atoms with van der Waals surface area (Å²) in [6.07, 6.45) is 2.24. The first-order valence-electron chi connectivity index (χ1n) is 5.83. The number of carboxylic acid groups (broad SMARTS) is 1. The fourth-order valence-corrected chi connectivity index (χ4v) is 2.22. The zero-order valence-electron chi connectivity index (χ0n) is 10.3. The highest BCUT2D eigenvalue weighted by atomic mass is 35.5. The fraction of sp³-hybridized carbons (Fsp3) is 0.143. The minimum atomic E-state index is -1.14. The van der Waals surface area contributed by atoms with Crippen LogP contribution in [-0.4, -0.2) is 22.7 Å². The molecular formula is C14H11Cl2NO3. The molecule has 0 aliphatic heterocycles. The van der Waals surface area contributed by atoms with Crippen LogP contribution in [0.25, 0.3) is 0 Å². The van der Waals surface area contributed by atoms with Gasteiger partial charge in [-0.3, -0.25) is 4.98 Å².